The number of hydrogen-bond donors (Lipinski definition) is 1. The van der Waals surface area contributed by atoms with Gasteiger partial charge in [0.1, 0.15) is 0 Å². The molecule has 1 fully saturated rings. The van der Waals surface area contributed by atoms with Gasteiger partial charge in [0, 0.05) is 5.69 Å². The van der Waals surface area contributed by atoms with Crippen molar-refractivity contribution in [3.8, 4) is 0 Å². The molecule has 0 aliphatic carbocycles. The molecule has 1 aliphatic rings. The number of piperidine rings is 1. The quantitative estimate of drug-likeness (QED) is 0.608. The highest BCUT2D eigenvalue weighted by molar-refractivity contribution is 5.92. The molecule has 0 bridgehead atoms. The summed E-state index contributed by atoms with van der Waals surface area (Å²) < 4.78 is 77.7. The molecule has 2 aromatic rings. The van der Waals surface area contributed by atoms with Crippen molar-refractivity contribution in [3.05, 3.63) is 65.2 Å². The minimum atomic E-state index is -4.96. The van der Waals surface area contributed by atoms with Gasteiger partial charge in [-0.3, -0.25) is 9.69 Å². The molecule has 3 nitrogen and oxygen atoms in total. The van der Waals surface area contributed by atoms with Crippen LogP contribution >= 0.6 is 0 Å². The standard InChI is InChI=1S/C22H22F6N2O/c23-21(24,25)17-11-18(22(26,27)28)13-19(12-17)29-20(31)14-30-8-6-16(7-9-30)10-15-4-2-1-3-5-15/h1-5,11-13,16H,6-10,14H2,(H,29,31). The molecule has 1 amide bonds. The van der Waals surface area contributed by atoms with Crippen molar-refractivity contribution in [2.45, 2.75) is 31.6 Å². The third kappa shape index (κ3) is 6.72. The van der Waals surface area contributed by atoms with Gasteiger partial charge in [-0.15, -0.1) is 0 Å². The maximum atomic E-state index is 13.0. The van der Waals surface area contributed by atoms with E-state index in [0.29, 0.717) is 31.1 Å². The first kappa shape index (κ1) is 23.1. The van der Waals surface area contributed by atoms with Crippen molar-refractivity contribution in [1.82, 2.24) is 4.90 Å². The predicted octanol–water partition coefficient (Wildman–Crippen LogP) is 5.62. The zero-order valence-corrected chi connectivity index (χ0v) is 16.6. The number of alkyl halides is 6. The number of nitrogens with one attached hydrogen (secondary N) is 1. The van der Waals surface area contributed by atoms with Gasteiger partial charge in [0.05, 0.1) is 17.7 Å². The lowest BCUT2D eigenvalue weighted by Crippen LogP contribution is -2.39. The fourth-order valence-electron chi connectivity index (χ4n) is 3.73. The monoisotopic (exact) mass is 444 g/mol. The van der Waals surface area contributed by atoms with Gasteiger partial charge < -0.3 is 5.32 Å². The van der Waals surface area contributed by atoms with Gasteiger partial charge in [0.2, 0.25) is 5.91 Å². The third-order valence-corrected chi connectivity index (χ3v) is 5.31. The SMILES string of the molecule is O=C(CN1CCC(Cc2ccccc2)CC1)Nc1cc(C(F)(F)F)cc(C(F)(F)F)c1. The van der Waals surface area contributed by atoms with E-state index >= 15 is 0 Å². The predicted molar refractivity (Wildman–Crippen MR) is 104 cm³/mol. The molecular formula is C22H22F6N2O. The summed E-state index contributed by atoms with van der Waals surface area (Å²) in [5.41, 5.74) is -2.20. The van der Waals surface area contributed by atoms with Crippen LogP contribution in [0.15, 0.2) is 48.5 Å². The van der Waals surface area contributed by atoms with E-state index in [0.717, 1.165) is 19.3 Å². The molecule has 1 N–H and O–H groups in total. The van der Waals surface area contributed by atoms with Crippen LogP contribution in [-0.4, -0.2) is 30.4 Å². The molecule has 0 aromatic heterocycles. The molecule has 168 valence electrons. The van der Waals surface area contributed by atoms with E-state index in [9.17, 15) is 31.1 Å². The summed E-state index contributed by atoms with van der Waals surface area (Å²) in [5, 5.41) is 2.18. The number of carbonyl (C=O) groups is 1. The topological polar surface area (TPSA) is 32.3 Å². The molecule has 0 spiro atoms. The Bertz CT molecular complexity index is 855. The molecule has 3 rings (SSSR count). The third-order valence-electron chi connectivity index (χ3n) is 5.31. The van der Waals surface area contributed by atoms with Crippen LogP contribution < -0.4 is 5.32 Å². The lowest BCUT2D eigenvalue weighted by atomic mass is 9.90. The van der Waals surface area contributed by atoms with Crippen molar-refractivity contribution in [3.63, 3.8) is 0 Å². The van der Waals surface area contributed by atoms with Crippen LogP contribution in [0.1, 0.15) is 29.5 Å². The number of anilines is 1. The Labute approximate surface area is 176 Å². The van der Waals surface area contributed by atoms with Crippen LogP contribution in [0.2, 0.25) is 0 Å². The van der Waals surface area contributed by atoms with Crippen LogP contribution in [0, 0.1) is 5.92 Å². The van der Waals surface area contributed by atoms with E-state index in [-0.39, 0.29) is 12.6 Å². The van der Waals surface area contributed by atoms with Crippen LogP contribution in [0.4, 0.5) is 32.0 Å². The summed E-state index contributed by atoms with van der Waals surface area (Å²) in [5.74, 6) is -0.173. The van der Waals surface area contributed by atoms with Crippen LogP contribution in [0.3, 0.4) is 0 Å². The summed E-state index contributed by atoms with van der Waals surface area (Å²) in [6.45, 7) is 1.19. The zero-order valence-electron chi connectivity index (χ0n) is 16.6. The van der Waals surface area contributed by atoms with E-state index < -0.39 is 35.1 Å². The van der Waals surface area contributed by atoms with Crippen LogP contribution in [-0.2, 0) is 23.6 Å². The van der Waals surface area contributed by atoms with E-state index in [2.05, 4.69) is 17.4 Å². The van der Waals surface area contributed by atoms with Gasteiger partial charge in [0.15, 0.2) is 0 Å². The Hall–Kier alpha value is -2.55. The minimum Gasteiger partial charge on any atom is -0.325 e. The number of rotatable bonds is 5. The molecule has 2 aromatic carbocycles. The number of halogens is 6. The molecular weight excluding hydrogens is 422 g/mol. The summed E-state index contributed by atoms with van der Waals surface area (Å²) in [4.78, 5) is 14.1. The van der Waals surface area contributed by atoms with Crippen LogP contribution in [0.25, 0.3) is 0 Å². The van der Waals surface area contributed by atoms with Gasteiger partial charge >= 0.3 is 12.4 Å². The first-order valence-electron chi connectivity index (χ1n) is 9.86. The molecule has 1 aliphatic heterocycles. The van der Waals surface area contributed by atoms with Crippen molar-refractivity contribution in [2.24, 2.45) is 5.92 Å². The average Bonchev–Trinajstić information content (AvgIpc) is 2.68. The number of hydrogen-bond acceptors (Lipinski definition) is 2. The zero-order chi connectivity index (χ0) is 22.6. The highest BCUT2D eigenvalue weighted by Crippen LogP contribution is 2.37. The van der Waals surface area contributed by atoms with E-state index in [1.165, 1.54) is 5.56 Å². The second-order valence-corrected chi connectivity index (χ2v) is 7.75. The van der Waals surface area contributed by atoms with Gasteiger partial charge in [0.25, 0.3) is 0 Å². The first-order chi connectivity index (χ1) is 14.5. The fourth-order valence-corrected chi connectivity index (χ4v) is 3.73. The fraction of sp³-hybridized carbons (Fsp3) is 0.409. The molecule has 0 atom stereocenters. The molecule has 9 heteroatoms. The van der Waals surface area contributed by atoms with E-state index in [4.69, 9.17) is 0 Å². The normalized spacial score (nSPS) is 16.3. The maximum Gasteiger partial charge on any atom is 0.416 e. The maximum absolute atomic E-state index is 13.0. The molecule has 0 unspecified atom stereocenters. The second kappa shape index (κ2) is 9.30. The summed E-state index contributed by atoms with van der Waals surface area (Å²) in [6.07, 6.45) is -7.25. The molecule has 31 heavy (non-hydrogen) atoms. The largest absolute Gasteiger partial charge is 0.416 e. The van der Waals surface area contributed by atoms with Gasteiger partial charge in [-0.2, -0.15) is 26.3 Å². The van der Waals surface area contributed by atoms with E-state index in [1.807, 2.05) is 23.1 Å². The Morgan fingerprint density at radius 2 is 1.45 bits per heavy atom. The van der Waals surface area contributed by atoms with Crippen molar-refractivity contribution < 1.29 is 31.1 Å². The smallest absolute Gasteiger partial charge is 0.325 e. The van der Waals surface area contributed by atoms with Crippen LogP contribution in [0.5, 0.6) is 0 Å². The Morgan fingerprint density at radius 3 is 1.97 bits per heavy atom. The Kier molecular flexibility index (Phi) is 6.93. The number of benzene rings is 2. The molecule has 1 heterocycles. The average molecular weight is 444 g/mol. The van der Waals surface area contributed by atoms with Crippen molar-refractivity contribution >= 4 is 11.6 Å². The van der Waals surface area contributed by atoms with Gasteiger partial charge in [-0.1, -0.05) is 30.3 Å². The van der Waals surface area contributed by atoms with Gasteiger partial charge in [-0.05, 0) is 62.0 Å². The first-order valence-corrected chi connectivity index (χ1v) is 9.86. The molecule has 0 radical (unpaired) electrons. The highest BCUT2D eigenvalue weighted by atomic mass is 19.4. The second-order valence-electron chi connectivity index (χ2n) is 7.75. The number of likely N-dealkylation sites (tertiary alicyclic amines) is 1. The number of carbonyl (C=O) groups excluding carboxylic acids is 1. The summed E-state index contributed by atoms with van der Waals surface area (Å²) in [6, 6.07) is 11.1. The lowest BCUT2D eigenvalue weighted by molar-refractivity contribution is -0.143. The summed E-state index contributed by atoms with van der Waals surface area (Å²) in [7, 11) is 0. The van der Waals surface area contributed by atoms with E-state index in [1.54, 1.807) is 0 Å². The minimum absolute atomic E-state index is 0.0349. The van der Waals surface area contributed by atoms with Crippen molar-refractivity contribution in [2.75, 3.05) is 25.0 Å². The lowest BCUT2D eigenvalue weighted by Gasteiger charge is -2.31. The highest BCUT2D eigenvalue weighted by Gasteiger charge is 2.37. The molecule has 0 saturated carbocycles. The van der Waals surface area contributed by atoms with Gasteiger partial charge in [-0.25, -0.2) is 0 Å². The number of amides is 1. The summed E-state index contributed by atoms with van der Waals surface area (Å²) >= 11 is 0. The number of nitrogens with zero attached hydrogens (tertiary/aromatic N) is 1. The Balaban J connectivity index is 1.57. The van der Waals surface area contributed by atoms with Crippen molar-refractivity contribution in [1.29, 1.82) is 0 Å². The Morgan fingerprint density at radius 1 is 0.903 bits per heavy atom. The molecule has 1 saturated heterocycles.